The third-order valence-corrected chi connectivity index (χ3v) is 1.54. The zero-order valence-electron chi connectivity index (χ0n) is 9.76. The van der Waals surface area contributed by atoms with E-state index in [0.29, 0.717) is 6.42 Å². The van der Waals surface area contributed by atoms with Gasteiger partial charge in [-0.15, -0.1) is 0 Å². The largest absolute Gasteiger partial charge is 0.460 e. The number of unbranched alkanes of at least 4 members (excludes halogenated alkanes) is 1. The second-order valence-corrected chi connectivity index (χ2v) is 4.24. The summed E-state index contributed by atoms with van der Waals surface area (Å²) in [5, 5.41) is 0. The SMILES string of the molecule is CCOCCCCC(=O)OC(C)(C)C. The fraction of sp³-hybridized carbons (Fsp3) is 0.909. The molecule has 0 saturated carbocycles. The molecule has 0 aromatic heterocycles. The van der Waals surface area contributed by atoms with E-state index in [1.807, 2.05) is 27.7 Å². The molecule has 0 aromatic carbocycles. The first-order valence-electron chi connectivity index (χ1n) is 5.25. The molecule has 14 heavy (non-hydrogen) atoms. The Hall–Kier alpha value is -0.570. The predicted octanol–water partition coefficient (Wildman–Crippen LogP) is 2.53. The molecule has 0 aliphatic carbocycles. The molecule has 0 bridgehead atoms. The summed E-state index contributed by atoms with van der Waals surface area (Å²) in [6.07, 6.45) is 2.26. The number of carbonyl (C=O) groups excluding carboxylic acids is 1. The lowest BCUT2D eigenvalue weighted by Crippen LogP contribution is -2.23. The van der Waals surface area contributed by atoms with Crippen LogP contribution in [-0.4, -0.2) is 24.8 Å². The van der Waals surface area contributed by atoms with Crippen molar-refractivity contribution in [3.63, 3.8) is 0 Å². The quantitative estimate of drug-likeness (QED) is 0.490. The first kappa shape index (κ1) is 13.4. The van der Waals surface area contributed by atoms with Crippen LogP contribution in [0.15, 0.2) is 0 Å². The van der Waals surface area contributed by atoms with Crippen LogP contribution in [0.2, 0.25) is 0 Å². The average Bonchev–Trinajstić information content (AvgIpc) is 2.00. The summed E-state index contributed by atoms with van der Waals surface area (Å²) >= 11 is 0. The molecule has 3 heteroatoms. The molecule has 0 N–H and O–H groups in total. The molecular weight excluding hydrogens is 180 g/mol. The number of carbonyl (C=O) groups is 1. The second kappa shape index (κ2) is 6.82. The van der Waals surface area contributed by atoms with Crippen molar-refractivity contribution in [3.8, 4) is 0 Å². The minimum atomic E-state index is -0.364. The number of hydrogen-bond acceptors (Lipinski definition) is 3. The highest BCUT2D eigenvalue weighted by atomic mass is 16.6. The summed E-state index contributed by atoms with van der Waals surface area (Å²) in [6.45, 7) is 9.08. The van der Waals surface area contributed by atoms with Gasteiger partial charge in [-0.3, -0.25) is 4.79 Å². The van der Waals surface area contributed by atoms with Crippen molar-refractivity contribution in [3.05, 3.63) is 0 Å². The molecule has 0 aliphatic rings. The maximum Gasteiger partial charge on any atom is 0.306 e. The Morgan fingerprint density at radius 1 is 1.21 bits per heavy atom. The average molecular weight is 202 g/mol. The van der Waals surface area contributed by atoms with E-state index in [0.717, 1.165) is 26.1 Å². The third kappa shape index (κ3) is 9.52. The van der Waals surface area contributed by atoms with Crippen LogP contribution in [-0.2, 0) is 14.3 Å². The van der Waals surface area contributed by atoms with Crippen LogP contribution < -0.4 is 0 Å². The Bertz CT molecular complexity index is 158. The van der Waals surface area contributed by atoms with Gasteiger partial charge in [-0.25, -0.2) is 0 Å². The predicted molar refractivity (Wildman–Crippen MR) is 56.2 cm³/mol. The van der Waals surface area contributed by atoms with Gasteiger partial charge in [-0.05, 0) is 40.5 Å². The zero-order valence-corrected chi connectivity index (χ0v) is 9.76. The number of esters is 1. The van der Waals surface area contributed by atoms with Gasteiger partial charge in [0.15, 0.2) is 0 Å². The number of ether oxygens (including phenoxy) is 2. The lowest BCUT2D eigenvalue weighted by Gasteiger charge is -2.19. The minimum Gasteiger partial charge on any atom is -0.460 e. The first-order chi connectivity index (χ1) is 6.45. The molecule has 0 aromatic rings. The monoisotopic (exact) mass is 202 g/mol. The minimum absolute atomic E-state index is 0.117. The topological polar surface area (TPSA) is 35.5 Å². The lowest BCUT2D eigenvalue weighted by atomic mass is 10.2. The van der Waals surface area contributed by atoms with Crippen molar-refractivity contribution in [2.45, 2.75) is 52.6 Å². The van der Waals surface area contributed by atoms with Crippen molar-refractivity contribution >= 4 is 5.97 Å². The summed E-state index contributed by atoms with van der Waals surface area (Å²) in [5.74, 6) is -0.117. The van der Waals surface area contributed by atoms with E-state index in [9.17, 15) is 4.79 Å². The Labute approximate surface area is 86.8 Å². The maximum absolute atomic E-state index is 11.2. The highest BCUT2D eigenvalue weighted by Crippen LogP contribution is 2.09. The van der Waals surface area contributed by atoms with E-state index in [-0.39, 0.29) is 11.6 Å². The van der Waals surface area contributed by atoms with E-state index < -0.39 is 0 Å². The summed E-state index contributed by atoms with van der Waals surface area (Å²) in [6, 6.07) is 0. The highest BCUT2D eigenvalue weighted by Gasteiger charge is 2.15. The Morgan fingerprint density at radius 2 is 1.86 bits per heavy atom. The van der Waals surface area contributed by atoms with Gasteiger partial charge >= 0.3 is 5.97 Å². The first-order valence-corrected chi connectivity index (χ1v) is 5.25. The van der Waals surface area contributed by atoms with Crippen LogP contribution in [0.1, 0.15) is 47.0 Å². The van der Waals surface area contributed by atoms with Crippen molar-refractivity contribution in [1.82, 2.24) is 0 Å². The zero-order chi connectivity index (χ0) is 11.0. The smallest absolute Gasteiger partial charge is 0.306 e. The molecule has 84 valence electrons. The van der Waals surface area contributed by atoms with Gasteiger partial charge in [0.1, 0.15) is 5.60 Å². The van der Waals surface area contributed by atoms with Crippen molar-refractivity contribution < 1.29 is 14.3 Å². The van der Waals surface area contributed by atoms with Crippen LogP contribution in [0.3, 0.4) is 0 Å². The molecular formula is C11H22O3. The second-order valence-electron chi connectivity index (χ2n) is 4.24. The molecule has 0 unspecified atom stereocenters. The molecule has 0 saturated heterocycles. The van der Waals surface area contributed by atoms with Crippen LogP contribution >= 0.6 is 0 Å². The summed E-state index contributed by atoms with van der Waals surface area (Å²) in [5.41, 5.74) is -0.364. The van der Waals surface area contributed by atoms with Gasteiger partial charge in [0, 0.05) is 19.6 Å². The summed E-state index contributed by atoms with van der Waals surface area (Å²) < 4.78 is 10.3. The van der Waals surface area contributed by atoms with Crippen LogP contribution in [0, 0.1) is 0 Å². The van der Waals surface area contributed by atoms with Gasteiger partial charge in [-0.1, -0.05) is 0 Å². The lowest BCUT2D eigenvalue weighted by molar-refractivity contribution is -0.154. The highest BCUT2D eigenvalue weighted by molar-refractivity contribution is 5.69. The molecule has 0 aliphatic heterocycles. The molecule has 0 atom stereocenters. The Balaban J connectivity index is 3.36. The van der Waals surface area contributed by atoms with Gasteiger partial charge in [0.2, 0.25) is 0 Å². The van der Waals surface area contributed by atoms with Gasteiger partial charge < -0.3 is 9.47 Å². The molecule has 0 radical (unpaired) electrons. The van der Waals surface area contributed by atoms with E-state index in [1.54, 1.807) is 0 Å². The molecule has 3 nitrogen and oxygen atoms in total. The standard InChI is InChI=1S/C11H22O3/c1-5-13-9-7-6-8-10(12)14-11(2,3)4/h5-9H2,1-4H3. The van der Waals surface area contributed by atoms with Crippen molar-refractivity contribution in [2.75, 3.05) is 13.2 Å². The van der Waals surface area contributed by atoms with Gasteiger partial charge in [-0.2, -0.15) is 0 Å². The van der Waals surface area contributed by atoms with Crippen molar-refractivity contribution in [2.24, 2.45) is 0 Å². The van der Waals surface area contributed by atoms with E-state index >= 15 is 0 Å². The fourth-order valence-corrected chi connectivity index (χ4v) is 1.01. The van der Waals surface area contributed by atoms with Crippen LogP contribution in [0.4, 0.5) is 0 Å². The summed E-state index contributed by atoms with van der Waals surface area (Å²) in [4.78, 5) is 11.2. The normalized spacial score (nSPS) is 11.4. The van der Waals surface area contributed by atoms with E-state index in [2.05, 4.69) is 0 Å². The van der Waals surface area contributed by atoms with Gasteiger partial charge in [0.25, 0.3) is 0 Å². The van der Waals surface area contributed by atoms with Crippen molar-refractivity contribution in [1.29, 1.82) is 0 Å². The van der Waals surface area contributed by atoms with E-state index in [1.165, 1.54) is 0 Å². The Kier molecular flexibility index (Phi) is 6.54. The third-order valence-electron chi connectivity index (χ3n) is 1.54. The number of rotatable bonds is 6. The molecule has 0 amide bonds. The van der Waals surface area contributed by atoms with Crippen LogP contribution in [0.25, 0.3) is 0 Å². The molecule has 0 rings (SSSR count). The summed E-state index contributed by atoms with van der Waals surface area (Å²) in [7, 11) is 0. The van der Waals surface area contributed by atoms with Gasteiger partial charge in [0.05, 0.1) is 0 Å². The molecule has 0 heterocycles. The maximum atomic E-state index is 11.2. The van der Waals surface area contributed by atoms with E-state index in [4.69, 9.17) is 9.47 Å². The molecule has 0 spiro atoms. The Morgan fingerprint density at radius 3 is 2.36 bits per heavy atom. The fourth-order valence-electron chi connectivity index (χ4n) is 1.01. The van der Waals surface area contributed by atoms with Crippen LogP contribution in [0.5, 0.6) is 0 Å². The molecule has 0 fully saturated rings. The number of hydrogen-bond donors (Lipinski definition) is 0.